The van der Waals surface area contributed by atoms with Gasteiger partial charge in [0.1, 0.15) is 10.6 Å². The second kappa shape index (κ2) is 9.09. The molecule has 1 amide bonds. The Morgan fingerprint density at radius 2 is 1.55 bits per heavy atom. The highest BCUT2D eigenvalue weighted by molar-refractivity contribution is 7.92. The van der Waals surface area contributed by atoms with E-state index < -0.39 is 10.0 Å². The maximum atomic E-state index is 13.2. The lowest BCUT2D eigenvalue weighted by Gasteiger charge is -2.26. The van der Waals surface area contributed by atoms with E-state index in [4.69, 9.17) is 14.2 Å². The van der Waals surface area contributed by atoms with Crippen LogP contribution in [0.1, 0.15) is 35.4 Å². The van der Waals surface area contributed by atoms with Gasteiger partial charge in [-0.1, -0.05) is 0 Å². The summed E-state index contributed by atoms with van der Waals surface area (Å²) in [4.78, 5) is 14.8. The van der Waals surface area contributed by atoms with Crippen LogP contribution in [0.2, 0.25) is 0 Å². The second-order valence-electron chi connectivity index (χ2n) is 7.41. The van der Waals surface area contributed by atoms with Crippen molar-refractivity contribution in [3.05, 3.63) is 29.6 Å². The first-order chi connectivity index (χ1) is 14.7. The summed E-state index contributed by atoms with van der Waals surface area (Å²) >= 11 is 0. The number of benzene rings is 1. The Bertz CT molecular complexity index is 1050. The summed E-state index contributed by atoms with van der Waals surface area (Å²) in [5, 5.41) is 0. The molecule has 9 nitrogen and oxygen atoms in total. The zero-order valence-electron chi connectivity index (χ0n) is 18.5. The van der Waals surface area contributed by atoms with Crippen molar-refractivity contribution in [3.8, 4) is 17.2 Å². The standard InChI is InChI=1S/C21H29N3O6S/c1-14-19(13-16(23(14)2)21(25)24-9-7-6-8-10-24)31(26,27)22-15-11-17(28-3)20(30-5)18(12-15)29-4/h11-13,22H,6-10H2,1-5H3. The number of carbonyl (C=O) groups excluding carboxylic acids is 1. The largest absolute Gasteiger partial charge is 0.493 e. The number of amides is 1. The molecular weight excluding hydrogens is 422 g/mol. The van der Waals surface area contributed by atoms with E-state index in [1.807, 2.05) is 0 Å². The SMILES string of the molecule is COc1cc(NS(=O)(=O)c2cc(C(=O)N3CCCCC3)n(C)c2C)cc(OC)c1OC. The van der Waals surface area contributed by atoms with Crippen LogP contribution in [0.5, 0.6) is 17.2 Å². The molecule has 1 aromatic carbocycles. The average molecular weight is 452 g/mol. The summed E-state index contributed by atoms with van der Waals surface area (Å²) in [6.07, 6.45) is 3.03. The molecule has 0 saturated carbocycles. The number of nitrogens with one attached hydrogen (secondary N) is 1. The van der Waals surface area contributed by atoms with Gasteiger partial charge in [0.2, 0.25) is 5.75 Å². The molecule has 2 aromatic rings. The van der Waals surface area contributed by atoms with E-state index in [1.165, 1.54) is 39.5 Å². The monoisotopic (exact) mass is 451 g/mol. The number of sulfonamides is 1. The highest BCUT2D eigenvalue weighted by Gasteiger charge is 2.28. The van der Waals surface area contributed by atoms with Crippen molar-refractivity contribution < 1.29 is 27.4 Å². The van der Waals surface area contributed by atoms with Gasteiger partial charge in [0.25, 0.3) is 15.9 Å². The van der Waals surface area contributed by atoms with Gasteiger partial charge in [-0.05, 0) is 32.3 Å². The lowest BCUT2D eigenvalue weighted by Crippen LogP contribution is -2.36. The topological polar surface area (TPSA) is 99.1 Å². The molecule has 1 aliphatic heterocycles. The number of methoxy groups -OCH3 is 3. The van der Waals surface area contributed by atoms with Crippen molar-refractivity contribution in [1.29, 1.82) is 0 Å². The Hall–Kier alpha value is -2.88. The van der Waals surface area contributed by atoms with Crippen LogP contribution < -0.4 is 18.9 Å². The molecule has 10 heteroatoms. The number of anilines is 1. The van der Waals surface area contributed by atoms with Gasteiger partial charge in [0.05, 0.1) is 27.0 Å². The third-order valence-electron chi connectivity index (χ3n) is 5.56. The predicted octanol–water partition coefficient (Wildman–Crippen LogP) is 2.79. The maximum absolute atomic E-state index is 13.2. The molecule has 1 saturated heterocycles. The Morgan fingerprint density at radius 3 is 2.06 bits per heavy atom. The number of hydrogen-bond donors (Lipinski definition) is 1. The van der Waals surface area contributed by atoms with Gasteiger partial charge in [-0.15, -0.1) is 0 Å². The van der Waals surface area contributed by atoms with Gasteiger partial charge in [-0.3, -0.25) is 9.52 Å². The van der Waals surface area contributed by atoms with E-state index in [-0.39, 0.29) is 16.5 Å². The molecule has 1 aliphatic rings. The van der Waals surface area contributed by atoms with E-state index in [0.717, 1.165) is 19.3 Å². The lowest BCUT2D eigenvalue weighted by atomic mass is 10.1. The molecule has 0 atom stereocenters. The normalized spacial score (nSPS) is 14.3. The highest BCUT2D eigenvalue weighted by atomic mass is 32.2. The second-order valence-corrected chi connectivity index (χ2v) is 9.06. The molecule has 31 heavy (non-hydrogen) atoms. The van der Waals surface area contributed by atoms with Gasteiger partial charge in [0.15, 0.2) is 11.5 Å². The molecule has 1 fully saturated rings. The number of ether oxygens (including phenoxy) is 3. The number of aromatic nitrogens is 1. The van der Waals surface area contributed by atoms with E-state index >= 15 is 0 Å². The minimum Gasteiger partial charge on any atom is -0.493 e. The molecule has 0 radical (unpaired) electrons. The molecule has 3 rings (SSSR count). The van der Waals surface area contributed by atoms with Crippen molar-refractivity contribution in [2.45, 2.75) is 31.1 Å². The molecule has 170 valence electrons. The molecule has 0 unspecified atom stereocenters. The first-order valence-electron chi connectivity index (χ1n) is 10.0. The maximum Gasteiger partial charge on any atom is 0.270 e. The number of nitrogens with zero attached hydrogens (tertiary/aromatic N) is 2. The molecule has 0 bridgehead atoms. The van der Waals surface area contributed by atoms with Crippen LogP contribution in [-0.4, -0.2) is 58.2 Å². The molecule has 1 N–H and O–H groups in total. The minimum absolute atomic E-state index is 0.0455. The van der Waals surface area contributed by atoms with Crippen molar-refractivity contribution in [3.63, 3.8) is 0 Å². The lowest BCUT2D eigenvalue weighted by molar-refractivity contribution is 0.0714. The fourth-order valence-electron chi connectivity index (χ4n) is 3.76. The van der Waals surface area contributed by atoms with Gasteiger partial charge in [-0.25, -0.2) is 8.42 Å². The zero-order valence-corrected chi connectivity index (χ0v) is 19.3. The molecule has 0 aliphatic carbocycles. The van der Waals surface area contributed by atoms with Gasteiger partial charge >= 0.3 is 0 Å². The average Bonchev–Trinajstić information content (AvgIpc) is 3.08. The Morgan fingerprint density at radius 1 is 0.968 bits per heavy atom. The van der Waals surface area contributed by atoms with Crippen molar-refractivity contribution in [2.75, 3.05) is 39.1 Å². The summed E-state index contributed by atoms with van der Waals surface area (Å²) in [5.41, 5.74) is 1.08. The van der Waals surface area contributed by atoms with E-state index in [0.29, 0.717) is 41.7 Å². The highest BCUT2D eigenvalue weighted by Crippen LogP contribution is 2.40. The minimum atomic E-state index is -3.97. The van der Waals surface area contributed by atoms with Crippen LogP contribution in [0.4, 0.5) is 5.69 Å². The zero-order chi connectivity index (χ0) is 22.8. The first-order valence-corrected chi connectivity index (χ1v) is 11.5. The Kier molecular flexibility index (Phi) is 6.68. The molecule has 0 spiro atoms. The van der Waals surface area contributed by atoms with Crippen LogP contribution >= 0.6 is 0 Å². The summed E-state index contributed by atoms with van der Waals surface area (Å²) in [7, 11) is 2.10. The number of carbonyl (C=O) groups is 1. The number of likely N-dealkylation sites (tertiary alicyclic amines) is 1. The summed E-state index contributed by atoms with van der Waals surface area (Å²) in [5.74, 6) is 0.855. The first kappa shape index (κ1) is 22.8. The van der Waals surface area contributed by atoms with Crippen LogP contribution in [0.15, 0.2) is 23.1 Å². The summed E-state index contributed by atoms with van der Waals surface area (Å²) in [6, 6.07) is 4.46. The quantitative estimate of drug-likeness (QED) is 0.695. The van der Waals surface area contributed by atoms with Crippen molar-refractivity contribution >= 4 is 21.6 Å². The number of rotatable bonds is 7. The van der Waals surface area contributed by atoms with Gasteiger partial charge in [0, 0.05) is 38.0 Å². The summed E-state index contributed by atoms with van der Waals surface area (Å²) in [6.45, 7) is 3.06. The third-order valence-corrected chi connectivity index (χ3v) is 7.05. The van der Waals surface area contributed by atoms with E-state index in [9.17, 15) is 13.2 Å². The predicted molar refractivity (Wildman–Crippen MR) is 117 cm³/mol. The summed E-state index contributed by atoms with van der Waals surface area (Å²) < 4.78 is 46.4. The van der Waals surface area contributed by atoms with Crippen LogP contribution in [0, 0.1) is 6.92 Å². The molecule has 2 heterocycles. The number of hydrogen-bond acceptors (Lipinski definition) is 6. The van der Waals surface area contributed by atoms with Gasteiger partial charge in [-0.2, -0.15) is 0 Å². The van der Waals surface area contributed by atoms with E-state index in [1.54, 1.807) is 23.4 Å². The fraction of sp³-hybridized carbons (Fsp3) is 0.476. The third kappa shape index (κ3) is 4.43. The van der Waals surface area contributed by atoms with E-state index in [2.05, 4.69) is 4.72 Å². The van der Waals surface area contributed by atoms with Crippen LogP contribution in [0.25, 0.3) is 0 Å². The van der Waals surface area contributed by atoms with Crippen molar-refractivity contribution in [2.24, 2.45) is 7.05 Å². The molecular formula is C21H29N3O6S. The van der Waals surface area contributed by atoms with Crippen LogP contribution in [0.3, 0.4) is 0 Å². The Labute approximate surface area is 182 Å². The van der Waals surface area contributed by atoms with Gasteiger partial charge < -0.3 is 23.7 Å². The van der Waals surface area contributed by atoms with Crippen molar-refractivity contribution in [1.82, 2.24) is 9.47 Å². The fourth-order valence-corrected chi connectivity index (χ4v) is 5.09. The smallest absolute Gasteiger partial charge is 0.270 e. The Balaban J connectivity index is 1.95. The molecule has 1 aromatic heterocycles. The number of piperidine rings is 1. The van der Waals surface area contributed by atoms with Crippen LogP contribution in [-0.2, 0) is 17.1 Å².